The summed E-state index contributed by atoms with van der Waals surface area (Å²) in [5.41, 5.74) is 2.50. The normalized spacial score (nSPS) is 17.1. The van der Waals surface area contributed by atoms with Crippen LogP contribution in [0.25, 0.3) is 0 Å². The minimum atomic E-state index is -0.990. The van der Waals surface area contributed by atoms with E-state index in [0.717, 1.165) is 45.2 Å². The number of benzene rings is 1. The zero-order chi connectivity index (χ0) is 19.2. The number of hydrogen-bond donors (Lipinski definition) is 1. The van der Waals surface area contributed by atoms with Crippen LogP contribution in [-0.2, 0) is 17.6 Å². The number of likely N-dealkylation sites (tertiary alicyclic amines) is 1. The number of rotatable bonds is 7. The van der Waals surface area contributed by atoms with Gasteiger partial charge < -0.3 is 14.4 Å². The predicted molar refractivity (Wildman–Crippen MR) is 103 cm³/mol. The van der Waals surface area contributed by atoms with E-state index in [0.29, 0.717) is 17.0 Å². The van der Waals surface area contributed by atoms with Crippen molar-refractivity contribution in [3.05, 3.63) is 59.0 Å². The van der Waals surface area contributed by atoms with E-state index < -0.39 is 5.97 Å². The van der Waals surface area contributed by atoms with E-state index in [1.54, 1.807) is 6.92 Å². The molecule has 27 heavy (non-hydrogen) atoms. The molecule has 0 saturated carbocycles. The van der Waals surface area contributed by atoms with E-state index in [-0.39, 0.29) is 18.1 Å². The maximum Gasteiger partial charge on any atom is 0.311 e. The summed E-state index contributed by atoms with van der Waals surface area (Å²) in [5.74, 6) is -0.321. The van der Waals surface area contributed by atoms with Crippen molar-refractivity contribution in [1.82, 2.24) is 4.90 Å². The first kappa shape index (κ1) is 19.2. The van der Waals surface area contributed by atoms with Gasteiger partial charge in [-0.3, -0.25) is 9.59 Å². The van der Waals surface area contributed by atoms with Crippen LogP contribution in [0.5, 0.6) is 0 Å². The van der Waals surface area contributed by atoms with Crippen molar-refractivity contribution in [3.63, 3.8) is 0 Å². The Morgan fingerprint density at radius 2 is 2.04 bits per heavy atom. The van der Waals surface area contributed by atoms with Gasteiger partial charge >= 0.3 is 5.97 Å². The molecule has 5 nitrogen and oxygen atoms in total. The van der Waals surface area contributed by atoms with Gasteiger partial charge in [0, 0.05) is 18.7 Å². The highest BCUT2D eigenvalue weighted by atomic mass is 16.4. The third-order valence-corrected chi connectivity index (χ3v) is 5.30. The standard InChI is InChI=1S/C22H27NO4/c1-16-15-27-19(13-20(24)25)21(16)22(26)23-12-6-11-18(14-23)10-5-9-17-7-3-2-4-8-17/h2-4,7-8,15,18H,5-6,9-14H2,1H3,(H,24,25). The van der Waals surface area contributed by atoms with Gasteiger partial charge in [-0.15, -0.1) is 0 Å². The number of aliphatic carboxylic acids is 1. The molecule has 1 saturated heterocycles. The smallest absolute Gasteiger partial charge is 0.311 e. The number of carbonyl (C=O) groups is 2. The summed E-state index contributed by atoms with van der Waals surface area (Å²) in [6.07, 6.45) is 6.64. The van der Waals surface area contributed by atoms with Gasteiger partial charge in [-0.2, -0.15) is 0 Å². The highest BCUT2D eigenvalue weighted by Crippen LogP contribution is 2.26. The van der Waals surface area contributed by atoms with Crippen molar-refractivity contribution in [3.8, 4) is 0 Å². The van der Waals surface area contributed by atoms with Crippen molar-refractivity contribution in [1.29, 1.82) is 0 Å². The molecule has 1 aliphatic heterocycles. The Labute approximate surface area is 160 Å². The fourth-order valence-corrected chi connectivity index (χ4v) is 3.94. The first-order chi connectivity index (χ1) is 13.0. The second kappa shape index (κ2) is 8.89. The molecular weight excluding hydrogens is 342 g/mol. The summed E-state index contributed by atoms with van der Waals surface area (Å²) in [4.78, 5) is 25.9. The molecule has 2 aromatic rings. The van der Waals surface area contributed by atoms with Crippen LogP contribution in [0.4, 0.5) is 0 Å². The summed E-state index contributed by atoms with van der Waals surface area (Å²) < 4.78 is 5.33. The number of amides is 1. The van der Waals surface area contributed by atoms with E-state index in [9.17, 15) is 9.59 Å². The van der Waals surface area contributed by atoms with Gasteiger partial charge in [-0.1, -0.05) is 30.3 Å². The second-order valence-corrected chi connectivity index (χ2v) is 7.42. The van der Waals surface area contributed by atoms with E-state index in [2.05, 4.69) is 24.3 Å². The summed E-state index contributed by atoms with van der Waals surface area (Å²) >= 11 is 0. The Bertz CT molecular complexity index is 781. The molecule has 1 aromatic carbocycles. The summed E-state index contributed by atoms with van der Waals surface area (Å²) in [6.45, 7) is 3.26. The van der Waals surface area contributed by atoms with Crippen LogP contribution in [-0.4, -0.2) is 35.0 Å². The maximum absolute atomic E-state index is 13.0. The fourth-order valence-electron chi connectivity index (χ4n) is 3.94. The molecule has 1 atom stereocenters. The second-order valence-electron chi connectivity index (χ2n) is 7.42. The number of carbonyl (C=O) groups excluding carboxylic acids is 1. The molecular formula is C22H27NO4. The van der Waals surface area contributed by atoms with Crippen molar-refractivity contribution in [2.45, 2.75) is 45.4 Å². The van der Waals surface area contributed by atoms with Crippen molar-refractivity contribution >= 4 is 11.9 Å². The maximum atomic E-state index is 13.0. The summed E-state index contributed by atoms with van der Waals surface area (Å²) in [5, 5.41) is 9.04. The molecule has 0 radical (unpaired) electrons. The van der Waals surface area contributed by atoms with Crippen molar-refractivity contribution in [2.24, 2.45) is 5.92 Å². The van der Waals surface area contributed by atoms with Crippen LogP contribution >= 0.6 is 0 Å². The van der Waals surface area contributed by atoms with Crippen LogP contribution in [0, 0.1) is 12.8 Å². The van der Waals surface area contributed by atoms with Crippen molar-refractivity contribution in [2.75, 3.05) is 13.1 Å². The Kier molecular flexibility index (Phi) is 6.32. The number of nitrogens with zero attached hydrogens (tertiary/aromatic N) is 1. The van der Waals surface area contributed by atoms with Gasteiger partial charge in [0.25, 0.3) is 5.91 Å². The van der Waals surface area contributed by atoms with Crippen LogP contribution in [0.1, 0.15) is 52.9 Å². The molecule has 0 spiro atoms. The number of aryl methyl sites for hydroxylation is 2. The van der Waals surface area contributed by atoms with Crippen molar-refractivity contribution < 1.29 is 19.1 Å². The lowest BCUT2D eigenvalue weighted by molar-refractivity contribution is -0.136. The van der Waals surface area contributed by atoms with Gasteiger partial charge in [-0.25, -0.2) is 0 Å². The monoisotopic (exact) mass is 369 g/mol. The van der Waals surface area contributed by atoms with Gasteiger partial charge in [0.15, 0.2) is 0 Å². The quantitative estimate of drug-likeness (QED) is 0.798. The molecule has 0 aliphatic carbocycles. The molecule has 1 N–H and O–H groups in total. The van der Waals surface area contributed by atoms with Crippen LogP contribution in [0.3, 0.4) is 0 Å². The van der Waals surface area contributed by atoms with Gasteiger partial charge in [0.2, 0.25) is 0 Å². The van der Waals surface area contributed by atoms with E-state index in [1.165, 1.54) is 11.8 Å². The Hall–Kier alpha value is -2.56. The predicted octanol–water partition coefficient (Wildman–Crippen LogP) is 4.09. The number of furan rings is 1. The molecule has 1 unspecified atom stereocenters. The molecule has 1 amide bonds. The minimum Gasteiger partial charge on any atom is -0.481 e. The number of hydrogen-bond acceptors (Lipinski definition) is 3. The van der Waals surface area contributed by atoms with E-state index in [1.807, 2.05) is 11.0 Å². The third-order valence-electron chi connectivity index (χ3n) is 5.30. The average Bonchev–Trinajstić information content (AvgIpc) is 3.02. The third kappa shape index (κ3) is 5.00. The summed E-state index contributed by atoms with van der Waals surface area (Å²) in [6, 6.07) is 10.5. The molecule has 1 fully saturated rings. The lowest BCUT2D eigenvalue weighted by Crippen LogP contribution is -2.40. The Balaban J connectivity index is 1.58. The highest BCUT2D eigenvalue weighted by molar-refractivity contribution is 5.97. The SMILES string of the molecule is Cc1coc(CC(=O)O)c1C(=O)N1CCCC(CCCc2ccccc2)C1. The largest absolute Gasteiger partial charge is 0.481 e. The van der Waals surface area contributed by atoms with Crippen LogP contribution < -0.4 is 0 Å². The first-order valence-electron chi connectivity index (χ1n) is 9.66. The van der Waals surface area contributed by atoms with Gasteiger partial charge in [-0.05, 0) is 50.5 Å². The molecule has 2 heterocycles. The molecule has 0 bridgehead atoms. The zero-order valence-electron chi connectivity index (χ0n) is 15.8. The zero-order valence-corrected chi connectivity index (χ0v) is 15.8. The minimum absolute atomic E-state index is 0.0924. The Morgan fingerprint density at radius 3 is 2.78 bits per heavy atom. The highest BCUT2D eigenvalue weighted by Gasteiger charge is 2.28. The van der Waals surface area contributed by atoms with Crippen LogP contribution in [0.2, 0.25) is 0 Å². The van der Waals surface area contributed by atoms with E-state index in [4.69, 9.17) is 9.52 Å². The Morgan fingerprint density at radius 1 is 1.26 bits per heavy atom. The molecule has 1 aliphatic rings. The fraction of sp³-hybridized carbons (Fsp3) is 0.455. The van der Waals surface area contributed by atoms with Gasteiger partial charge in [0.05, 0.1) is 11.8 Å². The average molecular weight is 369 g/mol. The lowest BCUT2D eigenvalue weighted by atomic mass is 9.91. The van der Waals surface area contributed by atoms with E-state index >= 15 is 0 Å². The topological polar surface area (TPSA) is 70.7 Å². The molecule has 3 rings (SSSR count). The lowest BCUT2D eigenvalue weighted by Gasteiger charge is -2.33. The summed E-state index contributed by atoms with van der Waals surface area (Å²) in [7, 11) is 0. The molecule has 1 aromatic heterocycles. The first-order valence-corrected chi connectivity index (χ1v) is 9.66. The van der Waals surface area contributed by atoms with Crippen LogP contribution in [0.15, 0.2) is 41.0 Å². The van der Waals surface area contributed by atoms with Gasteiger partial charge in [0.1, 0.15) is 12.2 Å². The molecule has 144 valence electrons. The number of carboxylic acids is 1. The number of carboxylic acid groups (broad SMARTS) is 1. The molecule has 5 heteroatoms. The number of piperidine rings is 1.